The first-order valence-electron chi connectivity index (χ1n) is 6.86. The highest BCUT2D eigenvalue weighted by Gasteiger charge is 2.18. The molecule has 0 saturated heterocycles. The lowest BCUT2D eigenvalue weighted by molar-refractivity contribution is -0.122. The maximum absolute atomic E-state index is 12.9. The van der Waals surface area contributed by atoms with Crippen LogP contribution in [-0.4, -0.2) is 17.0 Å². The van der Waals surface area contributed by atoms with E-state index < -0.39 is 5.97 Å². The van der Waals surface area contributed by atoms with Gasteiger partial charge >= 0.3 is 5.97 Å². The summed E-state index contributed by atoms with van der Waals surface area (Å²) in [6, 6.07) is 9.10. The summed E-state index contributed by atoms with van der Waals surface area (Å²) in [7, 11) is 0. The Balaban J connectivity index is 2.00. The molecule has 1 amide bonds. The van der Waals surface area contributed by atoms with Crippen LogP contribution in [0.25, 0.3) is 0 Å². The van der Waals surface area contributed by atoms with Gasteiger partial charge in [0, 0.05) is 4.88 Å². The van der Waals surface area contributed by atoms with E-state index in [0.29, 0.717) is 6.42 Å². The second kappa shape index (κ2) is 7.17. The number of carboxylic acids is 1. The number of amides is 1. The van der Waals surface area contributed by atoms with Gasteiger partial charge in [-0.3, -0.25) is 4.79 Å². The first kappa shape index (κ1) is 16.2. The Hall–Kier alpha value is -2.21. The molecule has 1 atom stereocenters. The first-order chi connectivity index (χ1) is 10.5. The van der Waals surface area contributed by atoms with E-state index in [4.69, 9.17) is 5.11 Å². The Morgan fingerprint density at radius 1 is 1.23 bits per heavy atom. The van der Waals surface area contributed by atoms with E-state index >= 15 is 0 Å². The lowest BCUT2D eigenvalue weighted by atomic mass is 9.95. The fourth-order valence-electron chi connectivity index (χ4n) is 2.15. The smallest absolute Gasteiger partial charge is 0.345 e. The topological polar surface area (TPSA) is 66.4 Å². The molecule has 2 N–H and O–H groups in total. The third-order valence-electron chi connectivity index (χ3n) is 3.31. The predicted molar refractivity (Wildman–Crippen MR) is 82.6 cm³/mol. The number of nitrogens with one attached hydrogen (secondary N) is 1. The molecule has 0 fully saturated rings. The van der Waals surface area contributed by atoms with E-state index in [9.17, 15) is 14.0 Å². The predicted octanol–water partition coefficient (Wildman–Crippen LogP) is 3.40. The number of carboxylic acid groups (broad SMARTS) is 1. The highest BCUT2D eigenvalue weighted by Crippen LogP contribution is 2.21. The van der Waals surface area contributed by atoms with Gasteiger partial charge in [-0.25, -0.2) is 9.18 Å². The summed E-state index contributed by atoms with van der Waals surface area (Å²) in [5, 5.41) is 11.7. The Morgan fingerprint density at radius 2 is 1.91 bits per heavy atom. The highest BCUT2D eigenvalue weighted by atomic mass is 32.1. The van der Waals surface area contributed by atoms with Gasteiger partial charge in [0.15, 0.2) is 0 Å². The molecule has 1 aromatic carbocycles. The molecule has 6 heteroatoms. The average molecular weight is 321 g/mol. The summed E-state index contributed by atoms with van der Waals surface area (Å²) < 4.78 is 12.9. The van der Waals surface area contributed by atoms with E-state index in [1.807, 2.05) is 6.92 Å². The van der Waals surface area contributed by atoms with Crippen LogP contribution in [0.4, 0.5) is 4.39 Å². The first-order valence-corrected chi connectivity index (χ1v) is 7.68. The van der Waals surface area contributed by atoms with Crippen LogP contribution < -0.4 is 5.32 Å². The molecule has 0 aliphatic carbocycles. The molecule has 1 aromatic heterocycles. The number of carbonyl (C=O) groups excluding carboxylic acids is 1. The highest BCUT2D eigenvalue weighted by molar-refractivity contribution is 7.13. The van der Waals surface area contributed by atoms with Gasteiger partial charge in [0.2, 0.25) is 5.91 Å². The second-order valence-corrected chi connectivity index (χ2v) is 5.97. The summed E-state index contributed by atoms with van der Waals surface area (Å²) in [6.45, 7) is 2.18. The van der Waals surface area contributed by atoms with Gasteiger partial charge in [-0.05, 0) is 36.2 Å². The minimum atomic E-state index is -0.972. The monoisotopic (exact) mass is 321 g/mol. The van der Waals surface area contributed by atoms with Crippen molar-refractivity contribution in [2.75, 3.05) is 0 Å². The van der Waals surface area contributed by atoms with Gasteiger partial charge in [0.1, 0.15) is 10.7 Å². The zero-order chi connectivity index (χ0) is 16.1. The van der Waals surface area contributed by atoms with Crippen molar-refractivity contribution in [1.29, 1.82) is 0 Å². The zero-order valence-corrected chi connectivity index (χ0v) is 12.8. The number of hydrogen-bond donors (Lipinski definition) is 2. The number of aromatic carboxylic acids is 1. The lowest BCUT2D eigenvalue weighted by Crippen LogP contribution is -2.28. The molecule has 1 unspecified atom stereocenters. The largest absolute Gasteiger partial charge is 0.477 e. The van der Waals surface area contributed by atoms with Crippen molar-refractivity contribution in [3.05, 3.63) is 57.5 Å². The number of halogens is 1. The fraction of sp³-hybridized carbons (Fsp3) is 0.250. The van der Waals surface area contributed by atoms with E-state index in [0.717, 1.165) is 21.8 Å². The van der Waals surface area contributed by atoms with Crippen molar-refractivity contribution in [1.82, 2.24) is 5.32 Å². The fourth-order valence-corrected chi connectivity index (χ4v) is 2.94. The van der Waals surface area contributed by atoms with Gasteiger partial charge < -0.3 is 10.4 Å². The van der Waals surface area contributed by atoms with E-state index in [1.165, 1.54) is 18.2 Å². The van der Waals surface area contributed by atoms with Gasteiger partial charge in [0.05, 0.1) is 12.5 Å². The normalized spacial score (nSPS) is 11.9. The molecule has 2 aromatic rings. The maximum Gasteiger partial charge on any atom is 0.345 e. The van der Waals surface area contributed by atoms with E-state index in [-0.39, 0.29) is 29.1 Å². The molecule has 0 spiro atoms. The Morgan fingerprint density at radius 3 is 2.45 bits per heavy atom. The second-order valence-electron chi connectivity index (χ2n) is 4.80. The summed E-state index contributed by atoms with van der Waals surface area (Å²) in [5.41, 5.74) is 0.763. The molecule has 4 nitrogen and oxygen atoms in total. The van der Waals surface area contributed by atoms with Gasteiger partial charge in [0.25, 0.3) is 0 Å². The molecule has 0 bridgehead atoms. The van der Waals surface area contributed by atoms with Crippen LogP contribution in [0.5, 0.6) is 0 Å². The summed E-state index contributed by atoms with van der Waals surface area (Å²) in [5.74, 6) is -1.81. The number of thiophene rings is 1. The third kappa shape index (κ3) is 3.92. The number of hydrogen-bond acceptors (Lipinski definition) is 3. The quantitative estimate of drug-likeness (QED) is 0.857. The number of benzene rings is 1. The van der Waals surface area contributed by atoms with Crippen LogP contribution in [-0.2, 0) is 11.3 Å². The maximum atomic E-state index is 12.9. The SMILES string of the molecule is CCC(C(=O)NCc1ccc(C(=O)O)s1)c1ccc(F)cc1. The standard InChI is InChI=1S/C16H16FNO3S/c1-2-13(10-3-5-11(17)6-4-10)15(19)18-9-12-7-8-14(22-12)16(20)21/h3-8,13H,2,9H2,1H3,(H,18,19)(H,20,21). The van der Waals surface area contributed by atoms with Gasteiger partial charge in [-0.15, -0.1) is 11.3 Å². The molecular formula is C16H16FNO3S. The van der Waals surface area contributed by atoms with Crippen LogP contribution in [0, 0.1) is 5.82 Å². The number of carbonyl (C=O) groups is 2. The van der Waals surface area contributed by atoms with Crippen LogP contribution in [0.15, 0.2) is 36.4 Å². The Bertz CT molecular complexity index is 666. The lowest BCUT2D eigenvalue weighted by Gasteiger charge is -2.15. The van der Waals surface area contributed by atoms with Crippen LogP contribution in [0.3, 0.4) is 0 Å². The van der Waals surface area contributed by atoms with Crippen molar-refractivity contribution in [3.8, 4) is 0 Å². The van der Waals surface area contributed by atoms with Crippen LogP contribution in [0.1, 0.15) is 39.4 Å². The van der Waals surface area contributed by atoms with Gasteiger partial charge in [-0.1, -0.05) is 19.1 Å². The zero-order valence-electron chi connectivity index (χ0n) is 12.0. The minimum Gasteiger partial charge on any atom is -0.477 e. The van der Waals surface area contributed by atoms with Crippen molar-refractivity contribution in [2.24, 2.45) is 0 Å². The molecule has 0 saturated carbocycles. The summed E-state index contributed by atoms with van der Waals surface area (Å²) in [4.78, 5) is 24.1. The van der Waals surface area contributed by atoms with E-state index in [2.05, 4.69) is 5.32 Å². The molecular weight excluding hydrogens is 305 g/mol. The van der Waals surface area contributed by atoms with Crippen molar-refractivity contribution >= 4 is 23.2 Å². The van der Waals surface area contributed by atoms with Crippen molar-refractivity contribution < 1.29 is 19.1 Å². The molecule has 0 radical (unpaired) electrons. The van der Waals surface area contributed by atoms with Crippen molar-refractivity contribution in [3.63, 3.8) is 0 Å². The molecule has 0 aliphatic heterocycles. The average Bonchev–Trinajstić information content (AvgIpc) is 2.97. The van der Waals surface area contributed by atoms with Crippen LogP contribution in [0.2, 0.25) is 0 Å². The van der Waals surface area contributed by atoms with Crippen molar-refractivity contribution in [2.45, 2.75) is 25.8 Å². The molecule has 116 valence electrons. The summed E-state index contributed by atoms with van der Waals surface area (Å²) in [6.07, 6.45) is 0.599. The molecule has 0 aliphatic rings. The van der Waals surface area contributed by atoms with Gasteiger partial charge in [-0.2, -0.15) is 0 Å². The van der Waals surface area contributed by atoms with E-state index in [1.54, 1.807) is 18.2 Å². The number of rotatable bonds is 6. The van der Waals surface area contributed by atoms with Crippen LogP contribution >= 0.6 is 11.3 Å². The Labute approximate surface area is 131 Å². The minimum absolute atomic E-state index is 0.153. The molecule has 1 heterocycles. The third-order valence-corrected chi connectivity index (χ3v) is 4.38. The Kier molecular flexibility index (Phi) is 5.27. The molecule has 2 rings (SSSR count). The molecule has 22 heavy (non-hydrogen) atoms. The summed E-state index contributed by atoms with van der Waals surface area (Å²) >= 11 is 1.14.